The van der Waals surface area contributed by atoms with Crippen LogP contribution in [0.2, 0.25) is 5.02 Å². The lowest BCUT2D eigenvalue weighted by atomic mass is 10.1. The van der Waals surface area contributed by atoms with Crippen molar-refractivity contribution >= 4 is 27.5 Å². The summed E-state index contributed by atoms with van der Waals surface area (Å²) in [5, 5.41) is 0.728. The first kappa shape index (κ1) is 14.4. The zero-order chi connectivity index (χ0) is 13.8. The van der Waals surface area contributed by atoms with Gasteiger partial charge < -0.3 is 10.5 Å². The predicted octanol–water partition coefficient (Wildman–Crippen LogP) is 4.45. The van der Waals surface area contributed by atoms with Gasteiger partial charge in [0.2, 0.25) is 0 Å². The lowest BCUT2D eigenvalue weighted by molar-refractivity contribution is 0.301. The fourth-order valence-electron chi connectivity index (χ4n) is 1.89. The summed E-state index contributed by atoms with van der Waals surface area (Å²) < 4.78 is 6.91. The highest BCUT2D eigenvalue weighted by molar-refractivity contribution is 9.10. The van der Waals surface area contributed by atoms with Gasteiger partial charge in [-0.2, -0.15) is 0 Å². The van der Waals surface area contributed by atoms with E-state index in [2.05, 4.69) is 15.9 Å². The summed E-state index contributed by atoms with van der Waals surface area (Å²) in [6.45, 7) is 2.98. The molecule has 0 unspecified atom stereocenters. The van der Waals surface area contributed by atoms with Gasteiger partial charge in [-0.05, 0) is 42.3 Å². The average molecular weight is 341 g/mol. The minimum Gasteiger partial charge on any atom is -0.488 e. The van der Waals surface area contributed by atoms with Crippen LogP contribution in [0, 0.1) is 6.92 Å². The summed E-state index contributed by atoms with van der Waals surface area (Å²) in [6, 6.07) is 11.6. The van der Waals surface area contributed by atoms with Crippen molar-refractivity contribution in [2.45, 2.75) is 20.1 Å². The maximum Gasteiger partial charge on any atom is 0.127 e. The van der Waals surface area contributed by atoms with Crippen LogP contribution in [0.3, 0.4) is 0 Å². The highest BCUT2D eigenvalue weighted by Gasteiger charge is 2.08. The maximum absolute atomic E-state index is 5.90. The van der Waals surface area contributed by atoms with Crippen molar-refractivity contribution in [2.75, 3.05) is 0 Å². The molecule has 2 nitrogen and oxygen atoms in total. The zero-order valence-corrected chi connectivity index (χ0v) is 13.0. The number of aryl methyl sites for hydroxylation is 1. The van der Waals surface area contributed by atoms with Crippen molar-refractivity contribution in [1.29, 1.82) is 0 Å². The van der Waals surface area contributed by atoms with Crippen molar-refractivity contribution in [2.24, 2.45) is 5.73 Å². The van der Waals surface area contributed by atoms with Crippen LogP contribution in [0.1, 0.15) is 16.7 Å². The van der Waals surface area contributed by atoms with Crippen molar-refractivity contribution in [1.82, 2.24) is 0 Å². The quantitative estimate of drug-likeness (QED) is 0.892. The van der Waals surface area contributed by atoms with Crippen LogP contribution in [-0.2, 0) is 13.2 Å². The number of rotatable bonds is 4. The van der Waals surface area contributed by atoms with Crippen molar-refractivity contribution in [3.63, 3.8) is 0 Å². The lowest BCUT2D eigenvalue weighted by Gasteiger charge is -2.14. The number of ether oxygens (including phenoxy) is 1. The van der Waals surface area contributed by atoms with Gasteiger partial charge in [-0.25, -0.2) is 0 Å². The fourth-order valence-corrected chi connectivity index (χ4v) is 2.64. The molecule has 0 saturated carbocycles. The summed E-state index contributed by atoms with van der Waals surface area (Å²) >= 11 is 9.32. The standard InChI is InChI=1S/C15H15BrClNO/c1-10-6-13(16)7-12(8-18)15(10)19-9-11-2-4-14(17)5-3-11/h2-7H,8-9,18H2,1H3. The SMILES string of the molecule is Cc1cc(Br)cc(CN)c1OCc1ccc(Cl)cc1. The largest absolute Gasteiger partial charge is 0.488 e. The Labute approximate surface area is 126 Å². The van der Waals surface area contributed by atoms with E-state index in [1.54, 1.807) is 0 Å². The van der Waals surface area contributed by atoms with Crippen LogP contribution < -0.4 is 10.5 Å². The topological polar surface area (TPSA) is 35.2 Å². The third kappa shape index (κ3) is 3.72. The summed E-state index contributed by atoms with van der Waals surface area (Å²) in [5.41, 5.74) is 8.91. The molecule has 19 heavy (non-hydrogen) atoms. The molecule has 0 radical (unpaired) electrons. The molecule has 0 amide bonds. The number of hydrogen-bond donors (Lipinski definition) is 1. The van der Waals surface area contributed by atoms with Crippen LogP contribution in [0.25, 0.3) is 0 Å². The molecular weight excluding hydrogens is 326 g/mol. The highest BCUT2D eigenvalue weighted by Crippen LogP contribution is 2.28. The molecule has 0 fully saturated rings. The Morgan fingerprint density at radius 1 is 1.21 bits per heavy atom. The Morgan fingerprint density at radius 2 is 1.89 bits per heavy atom. The predicted molar refractivity (Wildman–Crippen MR) is 82.6 cm³/mol. The van der Waals surface area contributed by atoms with Crippen molar-refractivity contribution < 1.29 is 4.74 Å². The first-order valence-corrected chi connectivity index (χ1v) is 7.13. The van der Waals surface area contributed by atoms with Gasteiger partial charge in [0.05, 0.1) is 0 Å². The molecule has 0 aliphatic rings. The molecule has 0 bridgehead atoms. The molecule has 0 atom stereocenters. The molecule has 2 aromatic rings. The second-order valence-electron chi connectivity index (χ2n) is 4.33. The van der Waals surface area contributed by atoms with Crippen LogP contribution in [0.4, 0.5) is 0 Å². The molecule has 0 aromatic heterocycles. The summed E-state index contributed by atoms with van der Waals surface area (Å²) in [5.74, 6) is 0.862. The van der Waals surface area contributed by atoms with Gasteiger partial charge in [-0.1, -0.05) is 39.7 Å². The fraction of sp³-hybridized carbons (Fsp3) is 0.200. The Hall–Kier alpha value is -1.03. The lowest BCUT2D eigenvalue weighted by Crippen LogP contribution is -2.04. The number of halogens is 2. The normalized spacial score (nSPS) is 10.5. The summed E-state index contributed by atoms with van der Waals surface area (Å²) in [7, 11) is 0. The molecule has 0 aliphatic carbocycles. The van der Waals surface area contributed by atoms with Gasteiger partial charge in [0.15, 0.2) is 0 Å². The van der Waals surface area contributed by atoms with E-state index >= 15 is 0 Å². The molecule has 0 heterocycles. The molecular formula is C15H15BrClNO. The van der Waals surface area contributed by atoms with Crippen LogP contribution >= 0.6 is 27.5 Å². The molecule has 2 rings (SSSR count). The van der Waals surface area contributed by atoms with E-state index in [-0.39, 0.29) is 0 Å². The van der Waals surface area contributed by atoms with Crippen molar-refractivity contribution in [3.05, 3.63) is 62.6 Å². The smallest absolute Gasteiger partial charge is 0.127 e. The molecule has 100 valence electrons. The Bertz CT molecular complexity index is 569. The first-order chi connectivity index (χ1) is 9.10. The minimum absolute atomic E-state index is 0.455. The zero-order valence-electron chi connectivity index (χ0n) is 10.6. The molecule has 4 heteroatoms. The average Bonchev–Trinajstić information content (AvgIpc) is 2.39. The van der Waals surface area contributed by atoms with E-state index in [1.165, 1.54) is 0 Å². The van der Waals surface area contributed by atoms with Gasteiger partial charge in [-0.15, -0.1) is 0 Å². The van der Waals surface area contributed by atoms with E-state index in [9.17, 15) is 0 Å². The maximum atomic E-state index is 5.90. The monoisotopic (exact) mass is 339 g/mol. The molecule has 0 spiro atoms. The number of hydrogen-bond acceptors (Lipinski definition) is 2. The van der Waals surface area contributed by atoms with E-state index in [1.807, 2.05) is 43.3 Å². The van der Waals surface area contributed by atoms with E-state index in [0.717, 1.165) is 31.9 Å². The Morgan fingerprint density at radius 3 is 2.53 bits per heavy atom. The van der Waals surface area contributed by atoms with Crippen molar-refractivity contribution in [3.8, 4) is 5.75 Å². The van der Waals surface area contributed by atoms with Crippen LogP contribution in [0.5, 0.6) is 5.75 Å². The Kier molecular flexibility index (Phi) is 4.86. The van der Waals surface area contributed by atoms with E-state index in [4.69, 9.17) is 22.1 Å². The van der Waals surface area contributed by atoms with Crippen LogP contribution in [-0.4, -0.2) is 0 Å². The van der Waals surface area contributed by atoms with Crippen LogP contribution in [0.15, 0.2) is 40.9 Å². The van der Waals surface area contributed by atoms with E-state index < -0.39 is 0 Å². The second-order valence-corrected chi connectivity index (χ2v) is 5.68. The molecule has 0 saturated heterocycles. The third-order valence-corrected chi connectivity index (χ3v) is 3.54. The second kappa shape index (κ2) is 6.42. The summed E-state index contributed by atoms with van der Waals surface area (Å²) in [6.07, 6.45) is 0. The molecule has 2 N–H and O–H groups in total. The van der Waals surface area contributed by atoms with Gasteiger partial charge in [-0.3, -0.25) is 0 Å². The van der Waals surface area contributed by atoms with Gasteiger partial charge in [0.1, 0.15) is 12.4 Å². The summed E-state index contributed by atoms with van der Waals surface area (Å²) in [4.78, 5) is 0. The molecule has 0 aliphatic heterocycles. The number of benzene rings is 2. The Balaban J connectivity index is 2.17. The van der Waals surface area contributed by atoms with E-state index in [0.29, 0.717) is 13.2 Å². The van der Waals surface area contributed by atoms with Gasteiger partial charge in [0.25, 0.3) is 0 Å². The minimum atomic E-state index is 0.455. The third-order valence-electron chi connectivity index (χ3n) is 2.83. The van der Waals surface area contributed by atoms with Gasteiger partial charge in [0, 0.05) is 21.6 Å². The highest BCUT2D eigenvalue weighted by atomic mass is 79.9. The molecule has 2 aromatic carbocycles. The first-order valence-electron chi connectivity index (χ1n) is 5.96. The van der Waals surface area contributed by atoms with Gasteiger partial charge >= 0.3 is 0 Å². The number of nitrogens with two attached hydrogens (primary N) is 1.